The number of anilines is 1. The first kappa shape index (κ1) is 28.6. The van der Waals surface area contributed by atoms with Gasteiger partial charge in [-0.25, -0.2) is 26.4 Å². The van der Waals surface area contributed by atoms with Crippen molar-refractivity contribution < 1.29 is 35.2 Å². The van der Waals surface area contributed by atoms with Gasteiger partial charge in [-0.2, -0.15) is 0 Å². The van der Waals surface area contributed by atoms with Crippen molar-refractivity contribution in [2.45, 2.75) is 18.8 Å². The van der Waals surface area contributed by atoms with Gasteiger partial charge in [-0.3, -0.25) is 9.10 Å². The molecular formula is C28H28FN3O7S2. The Morgan fingerprint density at radius 3 is 2.20 bits per heavy atom. The number of amides is 1. The number of furan rings is 1. The largest absolute Gasteiger partial charge is 0.457 e. The second-order valence-electron chi connectivity index (χ2n) is 9.85. The van der Waals surface area contributed by atoms with Gasteiger partial charge in [0.25, 0.3) is 5.91 Å². The summed E-state index contributed by atoms with van der Waals surface area (Å²) in [6, 6.07) is 15.7. The highest BCUT2D eigenvalue weighted by atomic mass is 32.2. The SMILES string of the molecule is CNC(=O)c1c(-c2ccc(Oc3ccc(F)cc3)cc2)oc2cc(N(CCS(N)(=O)=O)S(C)(=O)=O)c(C3CC3)cc12. The first-order chi connectivity index (χ1) is 19.3. The van der Waals surface area contributed by atoms with Crippen LogP contribution in [-0.2, 0) is 20.0 Å². The van der Waals surface area contributed by atoms with Gasteiger partial charge in [-0.1, -0.05) is 0 Å². The van der Waals surface area contributed by atoms with Gasteiger partial charge in [-0.15, -0.1) is 0 Å². The number of hydrogen-bond acceptors (Lipinski definition) is 7. The summed E-state index contributed by atoms with van der Waals surface area (Å²) in [5.74, 6) is -0.0946. The van der Waals surface area contributed by atoms with Crippen LogP contribution < -0.4 is 19.5 Å². The number of halogens is 1. The molecule has 0 radical (unpaired) electrons. The number of nitrogens with one attached hydrogen (secondary N) is 1. The summed E-state index contributed by atoms with van der Waals surface area (Å²) in [4.78, 5) is 13.1. The molecule has 0 atom stereocenters. The van der Waals surface area contributed by atoms with Crippen LogP contribution in [0, 0.1) is 5.82 Å². The molecule has 3 aromatic carbocycles. The maximum absolute atomic E-state index is 13.2. The topological polar surface area (TPSA) is 149 Å². The van der Waals surface area contributed by atoms with E-state index in [4.69, 9.17) is 14.3 Å². The number of nitrogens with two attached hydrogens (primary N) is 1. The van der Waals surface area contributed by atoms with Gasteiger partial charge >= 0.3 is 0 Å². The van der Waals surface area contributed by atoms with Gasteiger partial charge in [0.15, 0.2) is 0 Å². The fourth-order valence-electron chi connectivity index (χ4n) is 4.63. The normalized spacial score (nSPS) is 13.8. The molecule has 1 fully saturated rings. The van der Waals surface area contributed by atoms with Crippen molar-refractivity contribution in [3.8, 4) is 22.8 Å². The third-order valence-electron chi connectivity index (χ3n) is 6.72. The molecule has 216 valence electrons. The highest BCUT2D eigenvalue weighted by Crippen LogP contribution is 2.48. The van der Waals surface area contributed by atoms with Gasteiger partial charge in [0.1, 0.15) is 28.7 Å². The summed E-state index contributed by atoms with van der Waals surface area (Å²) in [7, 11) is -6.33. The van der Waals surface area contributed by atoms with Gasteiger partial charge in [-0.05, 0) is 78.9 Å². The summed E-state index contributed by atoms with van der Waals surface area (Å²) in [5, 5.41) is 8.30. The molecular weight excluding hydrogens is 573 g/mol. The van der Waals surface area contributed by atoms with Crippen molar-refractivity contribution in [3.05, 3.63) is 77.6 Å². The zero-order chi connectivity index (χ0) is 29.5. The third-order valence-corrected chi connectivity index (χ3v) is 8.65. The molecule has 0 spiro atoms. The van der Waals surface area contributed by atoms with Crippen LogP contribution in [0.5, 0.6) is 11.5 Å². The first-order valence-corrected chi connectivity index (χ1v) is 16.2. The van der Waals surface area contributed by atoms with Crippen LogP contribution in [0.15, 0.2) is 65.1 Å². The van der Waals surface area contributed by atoms with E-state index in [1.165, 1.54) is 37.4 Å². The Bertz CT molecular complexity index is 1830. The average Bonchev–Trinajstić information content (AvgIpc) is 3.68. The van der Waals surface area contributed by atoms with E-state index in [1.54, 1.807) is 30.3 Å². The predicted octanol–water partition coefficient (Wildman–Crippen LogP) is 4.32. The van der Waals surface area contributed by atoms with Crippen molar-refractivity contribution in [2.24, 2.45) is 5.14 Å². The number of sulfonamides is 2. The number of rotatable bonds is 10. The molecule has 4 aromatic rings. The van der Waals surface area contributed by atoms with E-state index in [1.807, 2.05) is 0 Å². The summed E-state index contributed by atoms with van der Waals surface area (Å²) in [6.45, 7) is -0.367. The molecule has 1 aromatic heterocycles. The highest BCUT2D eigenvalue weighted by Gasteiger charge is 2.33. The number of carbonyl (C=O) groups excluding carboxylic acids is 1. The van der Waals surface area contributed by atoms with Gasteiger partial charge in [0.05, 0.1) is 23.3 Å². The zero-order valence-electron chi connectivity index (χ0n) is 22.3. The van der Waals surface area contributed by atoms with Crippen LogP contribution in [0.2, 0.25) is 0 Å². The molecule has 0 bridgehead atoms. The second kappa shape index (κ2) is 10.8. The van der Waals surface area contributed by atoms with E-state index in [9.17, 15) is 26.0 Å². The highest BCUT2D eigenvalue weighted by molar-refractivity contribution is 7.92. The smallest absolute Gasteiger partial charge is 0.255 e. The van der Waals surface area contributed by atoms with E-state index >= 15 is 0 Å². The summed E-state index contributed by atoms with van der Waals surface area (Å²) in [6.07, 6.45) is 2.64. The summed E-state index contributed by atoms with van der Waals surface area (Å²) in [5.41, 5.74) is 2.07. The third kappa shape index (κ3) is 6.37. The van der Waals surface area contributed by atoms with Gasteiger partial charge < -0.3 is 14.5 Å². The molecule has 1 aliphatic carbocycles. The lowest BCUT2D eigenvalue weighted by atomic mass is 10.0. The fraction of sp³-hybridized carbons (Fsp3) is 0.250. The second-order valence-corrected chi connectivity index (χ2v) is 13.5. The minimum absolute atomic E-state index is 0.0481. The van der Waals surface area contributed by atoms with E-state index in [2.05, 4.69) is 5.32 Å². The number of nitrogens with zero attached hydrogens (tertiary/aromatic N) is 1. The number of ether oxygens (including phenoxy) is 1. The van der Waals surface area contributed by atoms with Crippen LogP contribution in [-0.4, -0.2) is 48.3 Å². The van der Waals surface area contributed by atoms with Crippen LogP contribution in [0.25, 0.3) is 22.3 Å². The lowest BCUT2D eigenvalue weighted by Crippen LogP contribution is -2.36. The number of benzene rings is 3. The van der Waals surface area contributed by atoms with E-state index in [0.29, 0.717) is 28.0 Å². The van der Waals surface area contributed by atoms with Crippen molar-refractivity contribution in [2.75, 3.05) is 29.9 Å². The average molecular weight is 602 g/mol. The Labute approximate surface area is 237 Å². The number of hydrogen-bond donors (Lipinski definition) is 2. The Balaban J connectivity index is 1.60. The van der Waals surface area contributed by atoms with Crippen molar-refractivity contribution in [1.82, 2.24) is 5.32 Å². The molecule has 5 rings (SSSR count). The quantitative estimate of drug-likeness (QED) is 0.275. The zero-order valence-corrected chi connectivity index (χ0v) is 23.9. The number of primary sulfonamides is 1. The standard InChI is InChI=1S/C28H28FN3O7S2/c1-31-28(33)26-23-15-22(17-3-4-17)24(32(40(2,34)35)13-14-41(30,36)37)16-25(23)39-27(26)18-5-9-20(10-6-18)38-21-11-7-19(29)8-12-21/h5-12,15-17H,3-4,13-14H2,1-2H3,(H,31,33)(H2,30,36,37). The fourth-order valence-corrected chi connectivity index (χ4v) is 6.12. The number of carbonyl (C=O) groups is 1. The van der Waals surface area contributed by atoms with Crippen LogP contribution >= 0.6 is 0 Å². The number of fused-ring (bicyclic) bond motifs is 1. The minimum atomic E-state index is -3.94. The lowest BCUT2D eigenvalue weighted by molar-refractivity contribution is 0.0964. The predicted molar refractivity (Wildman–Crippen MR) is 154 cm³/mol. The summed E-state index contributed by atoms with van der Waals surface area (Å²) < 4.78 is 75.0. The monoisotopic (exact) mass is 601 g/mol. The Morgan fingerprint density at radius 1 is 1.05 bits per heavy atom. The van der Waals surface area contributed by atoms with Gasteiger partial charge in [0.2, 0.25) is 20.0 Å². The van der Waals surface area contributed by atoms with E-state index in [0.717, 1.165) is 23.4 Å². The molecule has 10 nitrogen and oxygen atoms in total. The van der Waals surface area contributed by atoms with Crippen molar-refractivity contribution in [3.63, 3.8) is 0 Å². The first-order valence-electron chi connectivity index (χ1n) is 12.7. The van der Waals surface area contributed by atoms with Crippen LogP contribution in [0.3, 0.4) is 0 Å². The maximum atomic E-state index is 13.2. The van der Waals surface area contributed by atoms with E-state index in [-0.39, 0.29) is 40.9 Å². The molecule has 0 unspecified atom stereocenters. The Kier molecular flexibility index (Phi) is 7.53. The molecule has 1 aliphatic rings. The molecule has 0 aliphatic heterocycles. The maximum Gasteiger partial charge on any atom is 0.255 e. The van der Waals surface area contributed by atoms with Crippen molar-refractivity contribution >= 4 is 42.6 Å². The lowest BCUT2D eigenvalue weighted by Gasteiger charge is -2.24. The van der Waals surface area contributed by atoms with E-state index < -0.39 is 31.7 Å². The van der Waals surface area contributed by atoms with Crippen molar-refractivity contribution in [1.29, 1.82) is 0 Å². The summed E-state index contributed by atoms with van der Waals surface area (Å²) >= 11 is 0. The molecule has 1 saturated carbocycles. The Morgan fingerprint density at radius 2 is 1.66 bits per heavy atom. The Hall–Kier alpha value is -3.94. The molecule has 41 heavy (non-hydrogen) atoms. The molecule has 3 N–H and O–H groups in total. The minimum Gasteiger partial charge on any atom is -0.457 e. The van der Waals surface area contributed by atoms with Crippen LogP contribution in [0.1, 0.15) is 34.7 Å². The van der Waals surface area contributed by atoms with Gasteiger partial charge in [0, 0.05) is 30.6 Å². The molecule has 0 saturated heterocycles. The van der Waals surface area contributed by atoms with Crippen LogP contribution in [0.4, 0.5) is 10.1 Å². The molecule has 13 heteroatoms. The molecule has 1 heterocycles. The molecule has 1 amide bonds.